The molecule has 49 valence electrons. The molecule has 0 saturated heterocycles. The average molecular weight is 169 g/mol. The topological polar surface area (TPSA) is 80.3 Å². The molecule has 0 aromatic heterocycles. The van der Waals surface area contributed by atoms with Gasteiger partial charge in [-0.2, -0.15) is 0 Å². The van der Waals surface area contributed by atoms with Gasteiger partial charge in [0, 0.05) is 0 Å². The van der Waals surface area contributed by atoms with Crippen molar-refractivity contribution in [1.29, 1.82) is 0 Å². The van der Waals surface area contributed by atoms with Crippen molar-refractivity contribution in [2.45, 2.75) is 0 Å². The molecule has 0 amide bonds. The fraction of sp³-hybridized carbons (Fsp3) is 0. The van der Waals surface area contributed by atoms with E-state index in [9.17, 15) is 19.8 Å². The molecule has 0 aliphatic heterocycles. The molecule has 0 spiro atoms. The van der Waals surface area contributed by atoms with Crippen LogP contribution in [0.4, 0.5) is 0 Å². The maximum atomic E-state index is 9.41. The first-order chi connectivity index (χ1) is 3.63. The molecule has 0 saturated carbocycles. The third kappa shape index (κ3) is 11.0. The second-order valence-corrected chi connectivity index (χ2v) is 0.971. The maximum absolute atomic E-state index is 9.41. The van der Waals surface area contributed by atoms with Gasteiger partial charge in [-0.3, -0.25) is 0 Å². The Hall–Kier alpha value is -0.801. The fourth-order valence-electron chi connectivity index (χ4n) is 0.136. The predicted molar refractivity (Wildman–Crippen MR) is 19.2 cm³/mol. The van der Waals surface area contributed by atoms with Crippen molar-refractivity contribution in [2.24, 2.45) is 0 Å². The van der Waals surface area contributed by atoms with E-state index in [2.05, 4.69) is 0 Å². The smallest absolute Gasteiger partial charge is 0.545 e. The molecule has 0 N–H and O–H groups in total. The van der Waals surface area contributed by atoms with Gasteiger partial charge in [-0.05, 0) is 12.2 Å². The first kappa shape index (κ1) is 11.1. The van der Waals surface area contributed by atoms with Crippen LogP contribution in [-0.4, -0.2) is 11.9 Å². The van der Waals surface area contributed by atoms with Gasteiger partial charge >= 0.3 is 17.1 Å². The number of carboxylic acids is 2. The van der Waals surface area contributed by atoms with Crippen molar-refractivity contribution >= 4 is 11.9 Å². The zero-order valence-corrected chi connectivity index (χ0v) is 5.35. The van der Waals surface area contributed by atoms with Crippen LogP contribution in [0.25, 0.3) is 0 Å². The van der Waals surface area contributed by atoms with Crippen LogP contribution in [0, 0.1) is 0 Å². The number of aliphatic carboxylic acids is 2. The molecule has 0 fully saturated rings. The Kier molecular flexibility index (Phi) is 6.56. The molecule has 0 atom stereocenters. The van der Waals surface area contributed by atoms with Gasteiger partial charge in [0.2, 0.25) is 0 Å². The Bertz CT molecular complexity index is 124. The van der Waals surface area contributed by atoms with E-state index in [1.54, 1.807) is 0 Å². The van der Waals surface area contributed by atoms with Gasteiger partial charge in [-0.1, -0.05) is 0 Å². The fourth-order valence-corrected chi connectivity index (χ4v) is 0.136. The predicted octanol–water partition coefficient (Wildman–Crippen LogP) is -2.96. The quantitative estimate of drug-likeness (QED) is 0.326. The van der Waals surface area contributed by atoms with E-state index in [0.29, 0.717) is 12.2 Å². The summed E-state index contributed by atoms with van der Waals surface area (Å²) in [5, 5.41) is 18.8. The van der Waals surface area contributed by atoms with E-state index in [0.717, 1.165) is 0 Å². The average Bonchev–Trinajstić information content (AvgIpc) is 1.61. The minimum Gasteiger partial charge on any atom is -0.545 e. The molecule has 0 unspecified atom stereocenters. The maximum Gasteiger partial charge on any atom is 2.00 e. The minimum atomic E-state index is -1.55. The standard InChI is InChI=1S/C4H4O4.Mn/c5-3(6)1-2-4(7)8;/h1-2H,(H,5,6)(H,7,8);/q;+2/p-2/b2-1+;. The molecule has 0 aromatic rings. The van der Waals surface area contributed by atoms with Crippen molar-refractivity contribution in [3.05, 3.63) is 12.2 Å². The summed E-state index contributed by atoms with van der Waals surface area (Å²) in [5.74, 6) is -3.09. The number of hydrogen-bond donors (Lipinski definition) is 0. The van der Waals surface area contributed by atoms with E-state index in [1.165, 1.54) is 0 Å². The zero-order valence-electron chi connectivity index (χ0n) is 4.17. The summed E-state index contributed by atoms with van der Waals surface area (Å²) in [6.07, 6.45) is 0.769. The van der Waals surface area contributed by atoms with Crippen LogP contribution in [0.1, 0.15) is 0 Å². The van der Waals surface area contributed by atoms with Crippen molar-refractivity contribution in [2.75, 3.05) is 0 Å². The monoisotopic (exact) mass is 169 g/mol. The SMILES string of the molecule is O=C([O-])/C=C/C(=O)[O-].[Mn+2]. The van der Waals surface area contributed by atoms with Crippen molar-refractivity contribution < 1.29 is 36.9 Å². The van der Waals surface area contributed by atoms with Crippen LogP contribution in [0.2, 0.25) is 0 Å². The van der Waals surface area contributed by atoms with Gasteiger partial charge in [0.15, 0.2) is 0 Å². The number of rotatable bonds is 2. The van der Waals surface area contributed by atoms with E-state index in [4.69, 9.17) is 0 Å². The van der Waals surface area contributed by atoms with Crippen LogP contribution in [0.5, 0.6) is 0 Å². The summed E-state index contributed by atoms with van der Waals surface area (Å²) in [4.78, 5) is 18.8. The normalized spacial score (nSPS) is 8.44. The van der Waals surface area contributed by atoms with Gasteiger partial charge in [-0.15, -0.1) is 0 Å². The molecule has 0 bridgehead atoms. The molecule has 0 aromatic carbocycles. The third-order valence-corrected chi connectivity index (χ3v) is 0.355. The Morgan fingerprint density at radius 1 is 1.00 bits per heavy atom. The Labute approximate surface area is 61.7 Å². The number of carbonyl (C=O) groups is 2. The van der Waals surface area contributed by atoms with E-state index in [-0.39, 0.29) is 17.1 Å². The van der Waals surface area contributed by atoms with Gasteiger partial charge in [-0.25, -0.2) is 0 Å². The molecule has 9 heavy (non-hydrogen) atoms. The zero-order chi connectivity index (χ0) is 6.57. The first-order valence-corrected chi connectivity index (χ1v) is 1.73. The largest absolute Gasteiger partial charge is 2.00 e. The Morgan fingerprint density at radius 3 is 1.33 bits per heavy atom. The van der Waals surface area contributed by atoms with Gasteiger partial charge in [0.05, 0.1) is 11.9 Å². The van der Waals surface area contributed by atoms with Crippen molar-refractivity contribution in [3.8, 4) is 0 Å². The molecule has 5 heteroatoms. The van der Waals surface area contributed by atoms with Gasteiger partial charge < -0.3 is 19.8 Å². The summed E-state index contributed by atoms with van der Waals surface area (Å²) in [6.45, 7) is 0. The second kappa shape index (κ2) is 5.34. The van der Waals surface area contributed by atoms with Crippen LogP contribution in [0.15, 0.2) is 12.2 Å². The molecular formula is C4H2MnO4. The molecule has 0 aliphatic rings. The van der Waals surface area contributed by atoms with E-state index in [1.807, 2.05) is 0 Å². The van der Waals surface area contributed by atoms with Crippen LogP contribution < -0.4 is 10.2 Å². The van der Waals surface area contributed by atoms with Crippen LogP contribution in [-0.2, 0) is 26.7 Å². The van der Waals surface area contributed by atoms with Gasteiger partial charge in [0.25, 0.3) is 0 Å². The van der Waals surface area contributed by atoms with Crippen molar-refractivity contribution in [1.82, 2.24) is 0 Å². The van der Waals surface area contributed by atoms with Crippen molar-refractivity contribution in [3.63, 3.8) is 0 Å². The third-order valence-electron chi connectivity index (χ3n) is 0.355. The molecule has 0 aliphatic carbocycles. The minimum absolute atomic E-state index is 0. The molecule has 0 rings (SSSR count). The second-order valence-electron chi connectivity index (χ2n) is 0.971. The molecular weight excluding hydrogens is 167 g/mol. The number of carboxylic acid groups (broad SMARTS) is 2. The summed E-state index contributed by atoms with van der Waals surface area (Å²) >= 11 is 0. The first-order valence-electron chi connectivity index (χ1n) is 1.73. The molecule has 1 radical (unpaired) electrons. The summed E-state index contributed by atoms with van der Waals surface area (Å²) in [6, 6.07) is 0. The summed E-state index contributed by atoms with van der Waals surface area (Å²) in [7, 11) is 0. The Morgan fingerprint density at radius 2 is 1.22 bits per heavy atom. The summed E-state index contributed by atoms with van der Waals surface area (Å²) in [5.41, 5.74) is 0. The summed E-state index contributed by atoms with van der Waals surface area (Å²) < 4.78 is 0. The van der Waals surface area contributed by atoms with Gasteiger partial charge in [0.1, 0.15) is 0 Å². The van der Waals surface area contributed by atoms with E-state index >= 15 is 0 Å². The number of carbonyl (C=O) groups excluding carboxylic acids is 2. The van der Waals surface area contributed by atoms with E-state index < -0.39 is 11.9 Å². The Balaban J connectivity index is 0. The molecule has 4 nitrogen and oxygen atoms in total. The number of hydrogen-bond acceptors (Lipinski definition) is 4. The van der Waals surface area contributed by atoms with Crippen LogP contribution >= 0.6 is 0 Å². The van der Waals surface area contributed by atoms with Crippen LogP contribution in [0.3, 0.4) is 0 Å². The molecule has 0 heterocycles.